The zero-order valence-corrected chi connectivity index (χ0v) is 22.3. The van der Waals surface area contributed by atoms with Crippen molar-refractivity contribution in [3.05, 3.63) is 40.6 Å². The number of rotatable bonds is 6. The third-order valence-electron chi connectivity index (χ3n) is 7.29. The van der Waals surface area contributed by atoms with Crippen LogP contribution < -0.4 is 10.2 Å². The van der Waals surface area contributed by atoms with Crippen LogP contribution in [0.2, 0.25) is 0 Å². The van der Waals surface area contributed by atoms with E-state index >= 15 is 0 Å². The highest BCUT2D eigenvalue weighted by Gasteiger charge is 2.47. The van der Waals surface area contributed by atoms with Gasteiger partial charge in [0.15, 0.2) is 23.5 Å². The summed E-state index contributed by atoms with van der Waals surface area (Å²) in [5.41, 5.74) is -1.35. The number of hydrogen-bond acceptors (Lipinski definition) is 16. The van der Waals surface area contributed by atoms with Gasteiger partial charge in [-0.2, -0.15) is 0 Å². The van der Waals surface area contributed by atoms with E-state index in [9.17, 15) is 55.9 Å². The fourth-order valence-corrected chi connectivity index (χ4v) is 4.84. The monoisotopic (exact) mass is 610 g/mol. The molecule has 2 aliphatic heterocycles. The predicted octanol–water partition coefficient (Wildman–Crippen LogP) is -1.69. The highest BCUT2D eigenvalue weighted by molar-refractivity contribution is 5.88. The molecule has 2 fully saturated rings. The lowest BCUT2D eigenvalue weighted by Gasteiger charge is -2.42. The van der Waals surface area contributed by atoms with E-state index in [0.29, 0.717) is 0 Å². The fourth-order valence-electron chi connectivity index (χ4n) is 4.84. The lowest BCUT2D eigenvalue weighted by Crippen LogP contribution is -2.61. The van der Waals surface area contributed by atoms with Crippen LogP contribution in [0.5, 0.6) is 28.7 Å². The largest absolute Gasteiger partial charge is 0.508 e. The molecular formula is C27H30O16. The fraction of sp³-hybridized carbons (Fsp3) is 0.444. The summed E-state index contributed by atoms with van der Waals surface area (Å²) in [4.78, 5) is 13.6. The van der Waals surface area contributed by atoms with E-state index in [1.807, 2.05) is 0 Å². The minimum Gasteiger partial charge on any atom is -0.508 e. The molecule has 234 valence electrons. The molecule has 0 unspecified atom stereocenters. The molecule has 16 nitrogen and oxygen atoms in total. The summed E-state index contributed by atoms with van der Waals surface area (Å²) >= 11 is 0. The van der Waals surface area contributed by atoms with Crippen LogP contribution in [-0.4, -0.2) is 119 Å². The average molecular weight is 611 g/mol. The van der Waals surface area contributed by atoms with Crippen molar-refractivity contribution in [1.82, 2.24) is 0 Å². The summed E-state index contributed by atoms with van der Waals surface area (Å²) in [7, 11) is 0. The van der Waals surface area contributed by atoms with Crippen molar-refractivity contribution in [2.24, 2.45) is 0 Å². The molecule has 2 aliphatic rings. The molecule has 10 atom stereocenters. The maximum absolute atomic E-state index is 13.6. The zero-order valence-electron chi connectivity index (χ0n) is 22.3. The quantitative estimate of drug-likeness (QED) is 0.140. The van der Waals surface area contributed by atoms with Gasteiger partial charge in [-0.05, 0) is 25.1 Å². The van der Waals surface area contributed by atoms with E-state index < -0.39 is 113 Å². The number of phenolic OH excluding ortho intramolecular Hbond substituents is 4. The number of phenols is 4. The van der Waals surface area contributed by atoms with Crippen LogP contribution in [-0.2, 0) is 14.2 Å². The highest BCUT2D eigenvalue weighted by atomic mass is 16.7. The van der Waals surface area contributed by atoms with Crippen molar-refractivity contribution in [1.29, 1.82) is 0 Å². The van der Waals surface area contributed by atoms with E-state index in [2.05, 4.69) is 0 Å². The molecule has 0 saturated carbocycles. The number of fused-ring (bicyclic) bond motifs is 1. The number of ether oxygens (including phenoxy) is 4. The third kappa shape index (κ3) is 5.67. The second-order valence-electron chi connectivity index (χ2n) is 10.3. The van der Waals surface area contributed by atoms with Gasteiger partial charge in [0.2, 0.25) is 17.5 Å². The molecule has 0 amide bonds. The molecule has 0 bridgehead atoms. The summed E-state index contributed by atoms with van der Waals surface area (Å²) in [6.45, 7) is 0.818. The molecule has 43 heavy (non-hydrogen) atoms. The Labute approximate surface area is 241 Å². The Morgan fingerprint density at radius 2 is 1.42 bits per heavy atom. The normalized spacial score (nSPS) is 33.0. The Morgan fingerprint density at radius 3 is 2.12 bits per heavy atom. The first-order valence-electron chi connectivity index (χ1n) is 13.0. The van der Waals surface area contributed by atoms with Crippen LogP contribution in [0.1, 0.15) is 6.92 Å². The maximum Gasteiger partial charge on any atom is 0.239 e. The molecule has 3 aromatic rings. The first kappa shape index (κ1) is 30.7. The van der Waals surface area contributed by atoms with Gasteiger partial charge in [-0.3, -0.25) is 4.79 Å². The van der Waals surface area contributed by atoms with E-state index in [1.54, 1.807) is 0 Å². The van der Waals surface area contributed by atoms with Gasteiger partial charge in [0, 0.05) is 17.7 Å². The standard InChI is InChI=1S/C27H30O16/c1-8-17(32)20(35)22(37)26(40-8)39-7-15-18(33)21(36)23(38)27(42-15)43-25-19(34)16-13(31)5-10(28)6-14(16)41-24(25)9-2-3-11(29)12(30)4-9/h2-6,8,15,17-18,20-23,26-33,35-38H,7H2,1H3/t8-,15+,17-,18+,20+,21-,22+,23-,26+,27-/m0/s1. The van der Waals surface area contributed by atoms with Crippen LogP contribution in [0.4, 0.5) is 0 Å². The molecule has 10 N–H and O–H groups in total. The van der Waals surface area contributed by atoms with Crippen molar-refractivity contribution in [2.75, 3.05) is 6.61 Å². The van der Waals surface area contributed by atoms with Crippen molar-refractivity contribution in [3.8, 4) is 40.1 Å². The molecule has 16 heteroatoms. The summed E-state index contributed by atoms with van der Waals surface area (Å²) in [5.74, 6) is -3.33. The maximum atomic E-state index is 13.6. The number of aliphatic hydroxyl groups is 6. The molecule has 0 aliphatic carbocycles. The minimum atomic E-state index is -1.97. The van der Waals surface area contributed by atoms with Crippen molar-refractivity contribution in [2.45, 2.75) is 68.3 Å². The average Bonchev–Trinajstić information content (AvgIpc) is 2.96. The molecule has 1 aromatic heterocycles. The topological polar surface area (TPSA) is 269 Å². The Kier molecular flexibility index (Phi) is 8.41. The molecule has 0 spiro atoms. The molecule has 2 aromatic carbocycles. The second kappa shape index (κ2) is 11.8. The van der Waals surface area contributed by atoms with Crippen LogP contribution >= 0.6 is 0 Å². The summed E-state index contributed by atoms with van der Waals surface area (Å²) in [6, 6.07) is 5.24. The van der Waals surface area contributed by atoms with Crippen LogP contribution in [0.25, 0.3) is 22.3 Å². The first-order valence-corrected chi connectivity index (χ1v) is 13.0. The third-order valence-corrected chi connectivity index (χ3v) is 7.29. The zero-order chi connectivity index (χ0) is 31.3. The smallest absolute Gasteiger partial charge is 0.239 e. The van der Waals surface area contributed by atoms with E-state index in [-0.39, 0.29) is 11.1 Å². The Balaban J connectivity index is 1.48. The van der Waals surface area contributed by atoms with Gasteiger partial charge in [0.1, 0.15) is 65.2 Å². The Hall–Kier alpha value is -3.71. The first-order chi connectivity index (χ1) is 20.3. The second-order valence-corrected chi connectivity index (χ2v) is 10.3. The predicted molar refractivity (Wildman–Crippen MR) is 140 cm³/mol. The molecule has 5 rings (SSSR count). The van der Waals surface area contributed by atoms with Gasteiger partial charge in [0.25, 0.3) is 0 Å². The summed E-state index contributed by atoms with van der Waals surface area (Å²) in [5, 5.41) is 101. The summed E-state index contributed by atoms with van der Waals surface area (Å²) < 4.78 is 27.8. The lowest BCUT2D eigenvalue weighted by molar-refractivity contribution is -0.318. The Morgan fingerprint density at radius 1 is 0.744 bits per heavy atom. The minimum absolute atomic E-state index is 0.0313. The molecule has 2 saturated heterocycles. The number of aliphatic hydroxyl groups excluding tert-OH is 6. The van der Waals surface area contributed by atoms with Crippen LogP contribution in [0, 0.1) is 0 Å². The lowest BCUT2D eigenvalue weighted by atomic mass is 9.98. The van der Waals surface area contributed by atoms with Crippen molar-refractivity contribution < 1.29 is 74.4 Å². The summed E-state index contributed by atoms with van der Waals surface area (Å²) in [6.07, 6.45) is -16.2. The number of hydrogen-bond donors (Lipinski definition) is 10. The highest BCUT2D eigenvalue weighted by Crippen LogP contribution is 2.39. The van der Waals surface area contributed by atoms with E-state index in [4.69, 9.17) is 23.4 Å². The number of benzene rings is 2. The van der Waals surface area contributed by atoms with Crippen molar-refractivity contribution in [3.63, 3.8) is 0 Å². The van der Waals surface area contributed by atoms with Crippen molar-refractivity contribution >= 4 is 11.0 Å². The van der Waals surface area contributed by atoms with Gasteiger partial charge < -0.3 is 74.4 Å². The van der Waals surface area contributed by atoms with E-state index in [0.717, 1.165) is 24.3 Å². The SMILES string of the molecule is C[C@@H]1O[C@@H](OC[C@H]2O[C@@H](Oc3c(-c4ccc(O)c(O)c4)oc4cc(O)cc(O)c4c3=O)[C@@H](O)[C@@H](O)[C@@H]2O)[C@H](O)[C@H](O)[C@H]1O. The van der Waals surface area contributed by atoms with Crippen LogP contribution in [0.3, 0.4) is 0 Å². The van der Waals surface area contributed by atoms with Gasteiger partial charge in [-0.25, -0.2) is 0 Å². The van der Waals surface area contributed by atoms with E-state index in [1.165, 1.54) is 13.0 Å². The van der Waals surface area contributed by atoms with Gasteiger partial charge >= 0.3 is 0 Å². The van der Waals surface area contributed by atoms with Crippen LogP contribution in [0.15, 0.2) is 39.5 Å². The molecule has 0 radical (unpaired) electrons. The van der Waals surface area contributed by atoms with Gasteiger partial charge in [-0.1, -0.05) is 0 Å². The van der Waals surface area contributed by atoms with Gasteiger partial charge in [0.05, 0.1) is 12.7 Å². The van der Waals surface area contributed by atoms with Gasteiger partial charge in [-0.15, -0.1) is 0 Å². The number of aromatic hydroxyl groups is 4. The Bertz CT molecular complexity index is 1540. The molecular weight excluding hydrogens is 580 g/mol. The molecule has 3 heterocycles.